The summed E-state index contributed by atoms with van der Waals surface area (Å²) in [6, 6.07) is 16.0. The van der Waals surface area contributed by atoms with Crippen molar-refractivity contribution in [3.05, 3.63) is 83.4 Å². The lowest BCUT2D eigenvalue weighted by atomic mass is 10.2. The van der Waals surface area contributed by atoms with E-state index in [2.05, 4.69) is 9.62 Å². The van der Waals surface area contributed by atoms with Crippen LogP contribution in [0.1, 0.15) is 36.8 Å². The van der Waals surface area contributed by atoms with Gasteiger partial charge in [0.1, 0.15) is 51.5 Å². The van der Waals surface area contributed by atoms with Crippen LogP contribution in [0.5, 0.6) is 17.2 Å². The van der Waals surface area contributed by atoms with Crippen molar-refractivity contribution >= 4 is 39.0 Å². The topological polar surface area (TPSA) is 194 Å². The number of unbranched alkanes of at least 4 members (excludes halogenated alkanes) is 1. The Bertz CT molecular complexity index is 1950. The van der Waals surface area contributed by atoms with Gasteiger partial charge < -0.3 is 30.2 Å². The number of rotatable bonds is 20. The van der Waals surface area contributed by atoms with Gasteiger partial charge >= 0.3 is 7.60 Å². The van der Waals surface area contributed by atoms with Gasteiger partial charge in [-0.05, 0) is 106 Å². The molecule has 0 saturated carbocycles. The third kappa shape index (κ3) is 10.9. The van der Waals surface area contributed by atoms with Gasteiger partial charge in [-0.25, -0.2) is 21.8 Å². The third-order valence-electron chi connectivity index (χ3n) is 7.28. The molecule has 0 amide bonds. The third-order valence-corrected chi connectivity index (χ3v) is 12.0. The van der Waals surface area contributed by atoms with Gasteiger partial charge in [-0.1, -0.05) is 0 Å². The summed E-state index contributed by atoms with van der Waals surface area (Å²) in [7, 11) is -8.87. The first-order chi connectivity index (χ1) is 24.0. The Hall–Kier alpha value is -4.12. The summed E-state index contributed by atoms with van der Waals surface area (Å²) < 4.78 is 88.8. The van der Waals surface area contributed by atoms with Gasteiger partial charge in [0.15, 0.2) is 0 Å². The van der Waals surface area contributed by atoms with Gasteiger partial charge in [-0.3, -0.25) is 0 Å². The van der Waals surface area contributed by atoms with Gasteiger partial charge in [0.05, 0.1) is 17.7 Å². The first kappa shape index (κ1) is 38.7. The average Bonchev–Trinajstić information content (AvgIpc) is 3.53. The summed E-state index contributed by atoms with van der Waals surface area (Å²) >= 11 is 0.969. The van der Waals surface area contributed by atoms with Gasteiger partial charge in [0, 0.05) is 23.4 Å². The van der Waals surface area contributed by atoms with E-state index in [-0.39, 0.29) is 26.8 Å². The Kier molecular flexibility index (Phi) is 14.1. The molecule has 0 aliphatic carbocycles. The van der Waals surface area contributed by atoms with Crippen LogP contribution in [0.15, 0.2) is 64.9 Å². The Labute approximate surface area is 293 Å². The van der Waals surface area contributed by atoms with Crippen LogP contribution < -0.4 is 30.0 Å². The molecule has 4 aromatic rings. The number of sulfonamides is 1. The molecule has 4 rings (SSSR count). The number of nitriles is 2. The number of ether oxygens (including phenoxy) is 1. The molecule has 0 atom stereocenters. The first-order valence-corrected chi connectivity index (χ1v) is 19.7. The summed E-state index contributed by atoms with van der Waals surface area (Å²) in [5.41, 5.74) is 10.7. The van der Waals surface area contributed by atoms with E-state index >= 15 is 0 Å². The molecule has 0 unspecified atom stereocenters. The fourth-order valence-corrected chi connectivity index (χ4v) is 9.19. The summed E-state index contributed by atoms with van der Waals surface area (Å²) in [5.74, 6) is -2.04. The summed E-state index contributed by atoms with van der Waals surface area (Å²) in [5, 5.41) is 18.6. The lowest BCUT2D eigenvalue weighted by Gasteiger charge is -2.22. The molecule has 5 N–H and O–H groups in total. The maximum absolute atomic E-state index is 14.3. The Morgan fingerprint density at radius 3 is 1.96 bits per heavy atom. The number of nitrogens with zero attached hydrogens (tertiary/aromatic N) is 3. The van der Waals surface area contributed by atoms with E-state index in [1.807, 2.05) is 0 Å². The molecule has 266 valence electrons. The van der Waals surface area contributed by atoms with E-state index < -0.39 is 35.5 Å². The molecular weight excluding hydrogens is 710 g/mol. The van der Waals surface area contributed by atoms with Crippen molar-refractivity contribution in [2.45, 2.75) is 29.9 Å². The van der Waals surface area contributed by atoms with E-state index in [0.29, 0.717) is 35.5 Å². The number of hydrogen-bond donors (Lipinski definition) is 3. The fourth-order valence-electron chi connectivity index (χ4n) is 4.75. The molecule has 0 saturated heterocycles. The SMILES string of the molecule is N#Cc1ccc(OP(=O)(CNS(=O)(=O)c2cc3cc(OCCCN(CCCN)CCCCN)ccc3s2)Oc2ccc(C#N)c(F)c2)cc1F. The van der Waals surface area contributed by atoms with Crippen molar-refractivity contribution in [3.63, 3.8) is 0 Å². The Morgan fingerprint density at radius 1 is 0.800 bits per heavy atom. The van der Waals surface area contributed by atoms with Crippen molar-refractivity contribution in [3.8, 4) is 29.4 Å². The van der Waals surface area contributed by atoms with Gasteiger partial charge in [-0.2, -0.15) is 15.2 Å². The molecule has 0 aliphatic heterocycles. The number of fused-ring (bicyclic) bond motifs is 1. The highest BCUT2D eigenvalue weighted by Gasteiger charge is 2.32. The number of benzene rings is 3. The van der Waals surface area contributed by atoms with Crippen LogP contribution in [-0.2, 0) is 14.6 Å². The summed E-state index contributed by atoms with van der Waals surface area (Å²) in [4.78, 5) is 2.35. The maximum Gasteiger partial charge on any atom is 0.445 e. The zero-order valence-corrected chi connectivity index (χ0v) is 29.5. The number of hydrogen-bond acceptors (Lipinski definition) is 12. The number of nitrogens with one attached hydrogen (secondary N) is 1. The van der Waals surface area contributed by atoms with Crippen LogP contribution >= 0.6 is 18.9 Å². The number of halogens is 2. The fraction of sp³-hybridized carbons (Fsp3) is 0.333. The van der Waals surface area contributed by atoms with Crippen molar-refractivity contribution < 1.29 is 35.5 Å². The van der Waals surface area contributed by atoms with Crippen LogP contribution in [0.25, 0.3) is 10.1 Å². The number of nitrogens with two attached hydrogens (primary N) is 2. The second-order valence-electron chi connectivity index (χ2n) is 11.1. The Balaban J connectivity index is 1.45. The summed E-state index contributed by atoms with van der Waals surface area (Å²) in [6.45, 7) is 4.43. The highest BCUT2D eigenvalue weighted by Crippen LogP contribution is 2.48. The van der Waals surface area contributed by atoms with Crippen molar-refractivity contribution in [2.24, 2.45) is 11.5 Å². The predicted molar refractivity (Wildman–Crippen MR) is 187 cm³/mol. The van der Waals surface area contributed by atoms with Crippen LogP contribution in [0.4, 0.5) is 8.78 Å². The molecule has 3 aromatic carbocycles. The van der Waals surface area contributed by atoms with Crippen LogP contribution in [0.3, 0.4) is 0 Å². The largest absolute Gasteiger partial charge is 0.494 e. The molecule has 0 radical (unpaired) electrons. The smallest absolute Gasteiger partial charge is 0.445 e. The van der Waals surface area contributed by atoms with Gasteiger partial charge in [-0.15, -0.1) is 11.3 Å². The molecule has 1 aromatic heterocycles. The van der Waals surface area contributed by atoms with Crippen LogP contribution in [0, 0.1) is 34.3 Å². The minimum atomic E-state index is -4.57. The molecule has 12 nitrogen and oxygen atoms in total. The minimum Gasteiger partial charge on any atom is -0.494 e. The molecule has 0 fully saturated rings. The quantitative estimate of drug-likeness (QED) is 0.0745. The van der Waals surface area contributed by atoms with Gasteiger partial charge in [0.25, 0.3) is 10.0 Å². The highest BCUT2D eigenvalue weighted by atomic mass is 32.2. The number of thiophene rings is 1. The molecule has 17 heteroatoms. The molecule has 0 spiro atoms. The lowest BCUT2D eigenvalue weighted by Crippen LogP contribution is -2.29. The molecule has 0 aliphatic rings. The first-order valence-electron chi connectivity index (χ1n) is 15.7. The van der Waals surface area contributed by atoms with E-state index in [0.717, 1.165) is 93.1 Å². The van der Waals surface area contributed by atoms with Crippen molar-refractivity contribution in [2.75, 3.05) is 45.6 Å². The van der Waals surface area contributed by atoms with Crippen molar-refractivity contribution in [1.82, 2.24) is 9.62 Å². The second kappa shape index (κ2) is 18.2. The zero-order valence-electron chi connectivity index (χ0n) is 27.0. The second-order valence-corrected chi connectivity index (χ2v) is 16.0. The molecule has 1 heterocycles. The van der Waals surface area contributed by atoms with Crippen LogP contribution in [0.2, 0.25) is 0 Å². The molecule has 0 bridgehead atoms. The molecular formula is C33H37F2N6O6PS2. The predicted octanol–water partition coefficient (Wildman–Crippen LogP) is 5.67. The standard InChI is InChI=1S/C33H37F2N6O6PS2/c34-30-19-28(7-5-24(30)21-38)46-48(42,47-29-8-6-25(22-39)31(35)20-29)23-40-50(43,44)33-18-26-17-27(9-10-32(26)49-33)45-16-4-15-41(14-3-12-37)13-2-1-11-36/h5-10,17-20,40H,1-4,11-16,23,36-37H2. The normalized spacial score (nSPS) is 11.7. The van der Waals surface area contributed by atoms with E-state index in [1.54, 1.807) is 30.3 Å². The van der Waals surface area contributed by atoms with Crippen LogP contribution in [-0.4, -0.2) is 58.9 Å². The maximum atomic E-state index is 14.3. The molecule has 50 heavy (non-hydrogen) atoms. The Morgan fingerprint density at radius 2 is 1.38 bits per heavy atom. The van der Waals surface area contributed by atoms with E-state index in [1.165, 1.54) is 6.07 Å². The minimum absolute atomic E-state index is 0.0990. The van der Waals surface area contributed by atoms with E-state index in [4.69, 9.17) is 35.8 Å². The average molecular weight is 747 g/mol. The summed E-state index contributed by atoms with van der Waals surface area (Å²) in [6.07, 6.45) is 2.74. The van der Waals surface area contributed by atoms with Crippen molar-refractivity contribution in [1.29, 1.82) is 10.5 Å². The van der Waals surface area contributed by atoms with E-state index in [9.17, 15) is 21.8 Å². The monoisotopic (exact) mass is 746 g/mol. The highest BCUT2D eigenvalue weighted by molar-refractivity contribution is 7.92. The van der Waals surface area contributed by atoms with Gasteiger partial charge in [0.2, 0.25) is 0 Å². The zero-order chi connectivity index (χ0) is 36.1. The lowest BCUT2D eigenvalue weighted by molar-refractivity contribution is 0.230.